The Kier molecular flexibility index (Phi) is 5.70. The molecule has 0 radical (unpaired) electrons. The van der Waals surface area contributed by atoms with Crippen LogP contribution < -0.4 is 5.32 Å². The lowest BCUT2D eigenvalue weighted by Gasteiger charge is -2.08. The zero-order valence-corrected chi connectivity index (χ0v) is 14.6. The second-order valence-electron chi connectivity index (χ2n) is 5.07. The van der Waals surface area contributed by atoms with E-state index >= 15 is 0 Å². The van der Waals surface area contributed by atoms with Crippen LogP contribution in [0.5, 0.6) is 0 Å². The lowest BCUT2D eigenvalue weighted by Crippen LogP contribution is -2.05. The summed E-state index contributed by atoms with van der Waals surface area (Å²) >= 11 is 5.53. The minimum absolute atomic E-state index is 0.891. The molecule has 1 N–H and O–H groups in total. The van der Waals surface area contributed by atoms with Crippen molar-refractivity contribution in [1.29, 1.82) is 0 Å². The number of rotatable bonds is 5. The third-order valence-corrected chi connectivity index (χ3v) is 4.88. The molecule has 0 amide bonds. The molecule has 0 saturated carbocycles. The fourth-order valence-electron chi connectivity index (χ4n) is 2.27. The van der Waals surface area contributed by atoms with E-state index in [1.807, 2.05) is 18.8 Å². The molecule has 0 unspecified atom stereocenters. The number of aryl methyl sites for hydroxylation is 2. The summed E-state index contributed by atoms with van der Waals surface area (Å²) in [5.74, 6) is 1.01. The lowest BCUT2D eigenvalue weighted by atomic mass is 10.1. The second kappa shape index (κ2) is 7.30. The summed E-state index contributed by atoms with van der Waals surface area (Å²) in [4.78, 5) is 1.30. The zero-order valence-electron chi connectivity index (χ0n) is 12.2. The van der Waals surface area contributed by atoms with Crippen molar-refractivity contribution in [1.82, 2.24) is 5.32 Å². The van der Waals surface area contributed by atoms with Gasteiger partial charge in [0.25, 0.3) is 0 Å². The number of hydrogen-bond acceptors (Lipinski definition) is 2. The smallest absolute Gasteiger partial charge is 0.0232 e. The topological polar surface area (TPSA) is 12.0 Å². The summed E-state index contributed by atoms with van der Waals surface area (Å²) < 4.78 is 1.18. The van der Waals surface area contributed by atoms with E-state index in [4.69, 9.17) is 0 Å². The van der Waals surface area contributed by atoms with Gasteiger partial charge < -0.3 is 5.32 Å². The van der Waals surface area contributed by atoms with E-state index in [-0.39, 0.29) is 0 Å². The van der Waals surface area contributed by atoms with Crippen molar-refractivity contribution in [3.63, 3.8) is 0 Å². The molecule has 0 aliphatic carbocycles. The Morgan fingerprint density at radius 3 is 2.35 bits per heavy atom. The van der Waals surface area contributed by atoms with Gasteiger partial charge in [0.1, 0.15) is 0 Å². The number of benzene rings is 2. The van der Waals surface area contributed by atoms with E-state index in [0.717, 1.165) is 12.3 Å². The van der Waals surface area contributed by atoms with Crippen LogP contribution in [-0.4, -0.2) is 7.05 Å². The van der Waals surface area contributed by atoms with Crippen molar-refractivity contribution in [2.75, 3.05) is 7.05 Å². The molecule has 1 nitrogen and oxygen atoms in total. The first-order valence-corrected chi connectivity index (χ1v) is 8.49. The number of halogens is 1. The molecule has 0 aliphatic rings. The van der Waals surface area contributed by atoms with Crippen LogP contribution >= 0.6 is 27.7 Å². The lowest BCUT2D eigenvalue weighted by molar-refractivity contribution is 0.813. The van der Waals surface area contributed by atoms with Crippen molar-refractivity contribution >= 4 is 27.7 Å². The molecular formula is C17H20BrNS. The predicted molar refractivity (Wildman–Crippen MR) is 92.4 cm³/mol. The van der Waals surface area contributed by atoms with E-state index in [2.05, 4.69) is 71.5 Å². The minimum atomic E-state index is 0.891. The average molecular weight is 350 g/mol. The van der Waals surface area contributed by atoms with Gasteiger partial charge in [-0.15, -0.1) is 11.8 Å². The van der Waals surface area contributed by atoms with Gasteiger partial charge in [0.2, 0.25) is 0 Å². The van der Waals surface area contributed by atoms with Gasteiger partial charge in [-0.25, -0.2) is 0 Å². The highest BCUT2D eigenvalue weighted by molar-refractivity contribution is 9.10. The van der Waals surface area contributed by atoms with Crippen LogP contribution in [0.4, 0.5) is 0 Å². The quantitative estimate of drug-likeness (QED) is 0.755. The maximum Gasteiger partial charge on any atom is 0.0232 e. The van der Waals surface area contributed by atoms with Crippen LogP contribution in [0.3, 0.4) is 0 Å². The maximum absolute atomic E-state index is 3.64. The molecule has 0 atom stereocenters. The van der Waals surface area contributed by atoms with Gasteiger partial charge in [0.15, 0.2) is 0 Å². The van der Waals surface area contributed by atoms with Gasteiger partial charge in [0.05, 0.1) is 0 Å². The normalized spacial score (nSPS) is 10.8. The molecule has 0 saturated heterocycles. The Bertz CT molecular complexity index is 575. The second-order valence-corrected chi connectivity index (χ2v) is 6.97. The zero-order chi connectivity index (χ0) is 14.5. The number of thioether (sulfide) groups is 1. The fourth-order valence-corrected chi connectivity index (χ4v) is 3.81. The molecule has 0 aliphatic heterocycles. The Balaban J connectivity index is 2.05. The Hall–Kier alpha value is -0.770. The van der Waals surface area contributed by atoms with E-state index in [1.165, 1.54) is 31.6 Å². The molecule has 106 valence electrons. The van der Waals surface area contributed by atoms with Crippen LogP contribution in [0.25, 0.3) is 0 Å². The Morgan fingerprint density at radius 2 is 1.75 bits per heavy atom. The highest BCUT2D eigenvalue weighted by Crippen LogP contribution is 2.28. The predicted octanol–water partition coefficient (Wildman–Crippen LogP) is 5.08. The summed E-state index contributed by atoms with van der Waals surface area (Å²) in [6.45, 7) is 5.21. The first kappa shape index (κ1) is 15.6. The van der Waals surface area contributed by atoms with Gasteiger partial charge in [-0.2, -0.15) is 0 Å². The molecule has 3 heteroatoms. The molecule has 2 aromatic rings. The highest BCUT2D eigenvalue weighted by atomic mass is 79.9. The first-order chi connectivity index (χ1) is 9.58. The monoisotopic (exact) mass is 349 g/mol. The molecule has 0 fully saturated rings. The fraction of sp³-hybridized carbons (Fsp3) is 0.294. The molecule has 2 aromatic carbocycles. The van der Waals surface area contributed by atoms with Crippen LogP contribution in [0.1, 0.15) is 22.3 Å². The summed E-state index contributed by atoms with van der Waals surface area (Å²) in [5, 5.41) is 3.18. The van der Waals surface area contributed by atoms with Gasteiger partial charge in [-0.05, 0) is 44.2 Å². The van der Waals surface area contributed by atoms with Crippen molar-refractivity contribution in [3.8, 4) is 0 Å². The van der Waals surface area contributed by atoms with Gasteiger partial charge in [0, 0.05) is 21.7 Å². The van der Waals surface area contributed by atoms with Crippen molar-refractivity contribution < 1.29 is 0 Å². The van der Waals surface area contributed by atoms with E-state index in [1.54, 1.807) is 0 Å². The van der Waals surface area contributed by atoms with Gasteiger partial charge in [-0.1, -0.05) is 51.3 Å². The molecular weight excluding hydrogens is 330 g/mol. The van der Waals surface area contributed by atoms with Gasteiger partial charge in [-0.3, -0.25) is 0 Å². The van der Waals surface area contributed by atoms with Crippen molar-refractivity contribution in [2.45, 2.75) is 31.0 Å². The van der Waals surface area contributed by atoms with Crippen LogP contribution in [0.2, 0.25) is 0 Å². The Labute approximate surface area is 134 Å². The molecule has 0 spiro atoms. The van der Waals surface area contributed by atoms with Gasteiger partial charge >= 0.3 is 0 Å². The van der Waals surface area contributed by atoms with Crippen molar-refractivity contribution in [3.05, 3.63) is 63.1 Å². The van der Waals surface area contributed by atoms with Crippen LogP contribution in [0, 0.1) is 13.8 Å². The van der Waals surface area contributed by atoms with E-state index in [0.29, 0.717) is 0 Å². The summed E-state index contributed by atoms with van der Waals surface area (Å²) in [6, 6.07) is 13.3. The standard InChI is InChI=1S/C17H20BrNS/c1-12-6-13(2)8-14(7-12)11-20-16-5-4-15(10-19-3)17(18)9-16/h4-9,19H,10-11H2,1-3H3. The summed E-state index contributed by atoms with van der Waals surface area (Å²) in [5.41, 5.74) is 5.36. The molecule has 0 bridgehead atoms. The first-order valence-electron chi connectivity index (χ1n) is 6.71. The van der Waals surface area contributed by atoms with Crippen LogP contribution in [-0.2, 0) is 12.3 Å². The number of hydrogen-bond donors (Lipinski definition) is 1. The maximum atomic E-state index is 3.64. The molecule has 0 heterocycles. The molecule has 0 aromatic heterocycles. The summed E-state index contributed by atoms with van der Waals surface area (Å²) in [6.07, 6.45) is 0. The highest BCUT2D eigenvalue weighted by Gasteiger charge is 2.03. The number of nitrogens with one attached hydrogen (secondary N) is 1. The minimum Gasteiger partial charge on any atom is -0.316 e. The molecule has 2 rings (SSSR count). The van der Waals surface area contributed by atoms with Crippen molar-refractivity contribution in [2.24, 2.45) is 0 Å². The van der Waals surface area contributed by atoms with Crippen LogP contribution in [0.15, 0.2) is 45.8 Å². The van der Waals surface area contributed by atoms with E-state index < -0.39 is 0 Å². The molecule has 20 heavy (non-hydrogen) atoms. The summed E-state index contributed by atoms with van der Waals surface area (Å²) in [7, 11) is 1.97. The SMILES string of the molecule is CNCc1ccc(SCc2cc(C)cc(C)c2)cc1Br. The Morgan fingerprint density at radius 1 is 1.05 bits per heavy atom. The third kappa shape index (κ3) is 4.37. The largest absolute Gasteiger partial charge is 0.316 e. The van der Waals surface area contributed by atoms with E-state index in [9.17, 15) is 0 Å². The third-order valence-electron chi connectivity index (χ3n) is 3.08. The average Bonchev–Trinajstić information content (AvgIpc) is 2.38.